The molecule has 0 aliphatic heterocycles. The first-order valence-electron chi connectivity index (χ1n) is 9.21. The van der Waals surface area contributed by atoms with E-state index in [0.717, 1.165) is 5.39 Å². The summed E-state index contributed by atoms with van der Waals surface area (Å²) in [4.78, 5) is 36.1. The molecule has 0 bridgehead atoms. The number of aromatic amines is 1. The highest BCUT2D eigenvalue weighted by Gasteiger charge is 2.38. The predicted molar refractivity (Wildman–Crippen MR) is 117 cm³/mol. The Morgan fingerprint density at radius 3 is 2.81 bits per heavy atom. The van der Waals surface area contributed by atoms with E-state index in [1.807, 2.05) is 0 Å². The smallest absolute Gasteiger partial charge is 0.318 e. The first kappa shape index (κ1) is 22.9. The van der Waals surface area contributed by atoms with Gasteiger partial charge in [0.2, 0.25) is 5.95 Å². The molecule has 3 aromatic rings. The molecule has 9 nitrogen and oxygen atoms in total. The minimum Gasteiger partial charge on any atom is -0.772 e. The topological polar surface area (TPSA) is 137 Å². The number of halogens is 1. The summed E-state index contributed by atoms with van der Waals surface area (Å²) in [5, 5.41) is 4.33. The van der Waals surface area contributed by atoms with E-state index in [-0.39, 0.29) is 17.2 Å². The molecule has 0 saturated heterocycles. The quantitative estimate of drug-likeness (QED) is 0.402. The number of nitrogens with zero attached hydrogens (tertiary/aromatic N) is 2. The highest BCUT2D eigenvalue weighted by Crippen LogP contribution is 2.26. The third-order valence-corrected chi connectivity index (χ3v) is 5.96. The maximum atomic E-state index is 12.5. The molecule has 0 spiro atoms. The van der Waals surface area contributed by atoms with Gasteiger partial charge in [-0.15, -0.1) is 0 Å². The average molecular weight is 464 g/mol. The van der Waals surface area contributed by atoms with Crippen molar-refractivity contribution in [2.45, 2.75) is 25.3 Å². The van der Waals surface area contributed by atoms with Crippen LogP contribution in [0.15, 0.2) is 41.3 Å². The summed E-state index contributed by atoms with van der Waals surface area (Å²) < 4.78 is 27.4. The Bertz CT molecular complexity index is 1220. The lowest BCUT2D eigenvalue weighted by Crippen LogP contribution is -2.40. The van der Waals surface area contributed by atoms with E-state index in [1.165, 1.54) is 26.3 Å². The number of methoxy groups -OCH3 is 1. The van der Waals surface area contributed by atoms with Crippen molar-refractivity contribution in [2.24, 2.45) is 0 Å². The van der Waals surface area contributed by atoms with Crippen LogP contribution in [-0.4, -0.2) is 42.5 Å². The fraction of sp³-hybridized carbons (Fsp3) is 0.300. The van der Waals surface area contributed by atoms with E-state index in [0.29, 0.717) is 16.1 Å². The van der Waals surface area contributed by atoms with E-state index in [9.17, 15) is 18.4 Å². The van der Waals surface area contributed by atoms with E-state index in [4.69, 9.17) is 16.3 Å². The summed E-state index contributed by atoms with van der Waals surface area (Å²) in [5.41, 5.74) is -0.538. The summed E-state index contributed by atoms with van der Waals surface area (Å²) in [6.07, 6.45) is 1.40. The number of pyridine rings is 1. The van der Waals surface area contributed by atoms with Gasteiger partial charge in [-0.05, 0) is 44.2 Å². The van der Waals surface area contributed by atoms with E-state index in [1.54, 1.807) is 31.2 Å². The van der Waals surface area contributed by atoms with E-state index < -0.39 is 34.3 Å². The van der Waals surface area contributed by atoms with Gasteiger partial charge >= 0.3 is 5.97 Å². The van der Waals surface area contributed by atoms with Crippen molar-refractivity contribution in [3.05, 3.63) is 63.2 Å². The number of hydrogen-bond donors (Lipinski definition) is 2. The monoisotopic (exact) mass is 463 g/mol. The van der Waals surface area contributed by atoms with Crippen molar-refractivity contribution in [1.29, 1.82) is 0 Å². The summed E-state index contributed by atoms with van der Waals surface area (Å²) in [7, 11) is 1.18. The van der Waals surface area contributed by atoms with Crippen molar-refractivity contribution < 1.29 is 18.3 Å². The zero-order valence-electron chi connectivity index (χ0n) is 17.0. The summed E-state index contributed by atoms with van der Waals surface area (Å²) in [6.45, 7) is 3.19. The molecule has 31 heavy (non-hydrogen) atoms. The number of esters is 1. The van der Waals surface area contributed by atoms with Gasteiger partial charge in [0.25, 0.3) is 5.56 Å². The number of hydrogen-bond acceptors (Lipinski definition) is 8. The zero-order chi connectivity index (χ0) is 22.8. The van der Waals surface area contributed by atoms with E-state index in [2.05, 4.69) is 20.3 Å². The zero-order valence-corrected chi connectivity index (χ0v) is 18.5. The molecule has 164 valence electrons. The molecule has 0 aliphatic rings. The molecular weight excluding hydrogens is 444 g/mol. The molecule has 2 heterocycles. The lowest BCUT2D eigenvalue weighted by Gasteiger charge is -2.27. The first-order valence-corrected chi connectivity index (χ1v) is 10.8. The van der Waals surface area contributed by atoms with Crippen molar-refractivity contribution in [2.75, 3.05) is 18.2 Å². The van der Waals surface area contributed by atoms with Gasteiger partial charge in [-0.25, -0.2) is 9.97 Å². The number of carbonyl (C=O) groups excluding carboxylic acids is 1. The highest BCUT2D eigenvalue weighted by molar-refractivity contribution is 7.79. The molecule has 1 aromatic carbocycles. The number of H-pyrrole nitrogens is 1. The van der Waals surface area contributed by atoms with Crippen LogP contribution >= 0.6 is 11.6 Å². The van der Waals surface area contributed by atoms with Crippen LogP contribution < -0.4 is 10.9 Å². The maximum Gasteiger partial charge on any atom is 0.318 e. The Kier molecular flexibility index (Phi) is 6.73. The first-order chi connectivity index (χ1) is 14.6. The molecule has 3 rings (SSSR count). The van der Waals surface area contributed by atoms with Gasteiger partial charge in [-0.3, -0.25) is 13.8 Å². The van der Waals surface area contributed by atoms with Crippen molar-refractivity contribution in [3.8, 4) is 0 Å². The Morgan fingerprint density at radius 1 is 1.39 bits per heavy atom. The number of anilines is 1. The molecule has 3 atom stereocenters. The van der Waals surface area contributed by atoms with Gasteiger partial charge < -0.3 is 19.6 Å². The molecular formula is C20H20ClN4O5S-. The number of rotatable bonds is 7. The number of benzene rings is 1. The van der Waals surface area contributed by atoms with Crippen LogP contribution in [-0.2, 0) is 26.0 Å². The summed E-state index contributed by atoms with van der Waals surface area (Å²) in [5.74, 6) is -1.11. The Balaban J connectivity index is 1.94. The number of fused-ring (bicyclic) bond motifs is 1. The summed E-state index contributed by atoms with van der Waals surface area (Å²) in [6, 6.07) is 7.82. The van der Waals surface area contributed by atoms with Crippen LogP contribution in [0.3, 0.4) is 0 Å². The van der Waals surface area contributed by atoms with Crippen LogP contribution in [0.5, 0.6) is 0 Å². The second-order valence-corrected chi connectivity index (χ2v) is 8.52. The summed E-state index contributed by atoms with van der Waals surface area (Å²) >= 11 is 3.53. The Hall–Kier alpha value is -2.82. The van der Waals surface area contributed by atoms with Crippen LogP contribution in [0, 0.1) is 0 Å². The molecule has 2 unspecified atom stereocenters. The van der Waals surface area contributed by atoms with Gasteiger partial charge in [0, 0.05) is 33.4 Å². The molecule has 2 N–H and O–H groups in total. The minimum atomic E-state index is -2.51. The third-order valence-electron chi connectivity index (χ3n) is 4.91. The standard InChI is InChI=1S/C20H21ClN4O5S/c1-11(14-9-12-8-13(21)4-5-15(12)24-17(14)26)23-19-22-7-6-16(25-19)20(2,10-31(28)29)18(27)30-3/h4-9,11H,10H2,1-3H3,(H,24,26)(H,28,29)(H,22,23,25)/p-1/t11-,20?/m0/s1. The highest BCUT2D eigenvalue weighted by atomic mass is 35.5. The van der Waals surface area contributed by atoms with Crippen LogP contribution in [0.1, 0.15) is 31.1 Å². The molecule has 11 heteroatoms. The Labute approximate surface area is 185 Å². The second kappa shape index (κ2) is 9.13. The molecule has 0 fully saturated rings. The molecule has 0 saturated carbocycles. The normalized spacial score (nSPS) is 15.1. The number of aromatic nitrogens is 3. The second-order valence-electron chi connectivity index (χ2n) is 7.19. The minimum absolute atomic E-state index is 0.127. The lowest BCUT2D eigenvalue weighted by atomic mass is 9.89. The molecule has 0 aliphatic carbocycles. The van der Waals surface area contributed by atoms with Crippen molar-refractivity contribution >= 4 is 45.5 Å². The van der Waals surface area contributed by atoms with Crippen LogP contribution in [0.25, 0.3) is 10.9 Å². The van der Waals surface area contributed by atoms with Gasteiger partial charge in [-0.2, -0.15) is 0 Å². The average Bonchev–Trinajstić information content (AvgIpc) is 2.72. The van der Waals surface area contributed by atoms with Crippen molar-refractivity contribution in [1.82, 2.24) is 15.0 Å². The Morgan fingerprint density at radius 2 is 2.13 bits per heavy atom. The van der Waals surface area contributed by atoms with Gasteiger partial charge in [0.15, 0.2) is 0 Å². The van der Waals surface area contributed by atoms with Crippen LogP contribution in [0.4, 0.5) is 5.95 Å². The van der Waals surface area contributed by atoms with Crippen molar-refractivity contribution in [3.63, 3.8) is 0 Å². The molecule has 0 radical (unpaired) electrons. The van der Waals surface area contributed by atoms with Gasteiger partial charge in [0.05, 0.1) is 18.8 Å². The maximum absolute atomic E-state index is 12.5. The number of ether oxygens (including phenoxy) is 1. The van der Waals surface area contributed by atoms with Gasteiger partial charge in [-0.1, -0.05) is 22.7 Å². The fourth-order valence-electron chi connectivity index (χ4n) is 3.22. The van der Waals surface area contributed by atoms with Gasteiger partial charge in [0.1, 0.15) is 5.41 Å². The fourth-order valence-corrected chi connectivity index (χ4v) is 4.14. The largest absolute Gasteiger partial charge is 0.772 e. The number of carbonyl (C=O) groups is 1. The third kappa shape index (κ3) is 4.92. The lowest BCUT2D eigenvalue weighted by molar-refractivity contribution is -0.146. The predicted octanol–water partition coefficient (Wildman–Crippen LogP) is 2.45. The molecule has 0 amide bonds. The molecule has 2 aromatic heterocycles. The van der Waals surface area contributed by atoms with Crippen LogP contribution in [0.2, 0.25) is 5.02 Å². The SMILES string of the molecule is COC(=O)C(C)(CS(=O)[O-])c1ccnc(N[C@@H](C)c2cc3cc(Cl)ccc3[nH]c2=O)n1. The van der Waals surface area contributed by atoms with E-state index >= 15 is 0 Å². The number of nitrogens with one attached hydrogen (secondary N) is 2.